The molecule has 0 saturated heterocycles. The van der Waals surface area contributed by atoms with Crippen LogP contribution in [0.3, 0.4) is 0 Å². The van der Waals surface area contributed by atoms with Crippen molar-refractivity contribution in [2.24, 2.45) is 5.73 Å². The number of benzene rings is 3. The average molecular weight is 474 g/mol. The number of amides is 2. The monoisotopic (exact) mass is 473 g/mol. The summed E-state index contributed by atoms with van der Waals surface area (Å²) in [5.41, 5.74) is 7.16. The fourth-order valence-electron chi connectivity index (χ4n) is 2.65. The number of ether oxygens (including phenoxy) is 1. The molecule has 4 N–H and O–H groups in total. The number of aryl methyl sites for hydroxylation is 1. The van der Waals surface area contributed by atoms with E-state index in [1.807, 2.05) is 6.92 Å². The minimum Gasteiger partial charge on any atom is -0.484 e. The van der Waals surface area contributed by atoms with Gasteiger partial charge in [-0.1, -0.05) is 17.7 Å². The van der Waals surface area contributed by atoms with Crippen LogP contribution in [0.25, 0.3) is 0 Å². The zero-order valence-corrected chi connectivity index (χ0v) is 18.5. The predicted octanol–water partition coefficient (Wildman–Crippen LogP) is 3.57. The zero-order valence-electron chi connectivity index (χ0n) is 17.0. The summed E-state index contributed by atoms with van der Waals surface area (Å²) >= 11 is 6.04. The third-order valence-electron chi connectivity index (χ3n) is 4.38. The Morgan fingerprint density at radius 1 is 0.969 bits per heavy atom. The minimum atomic E-state index is -3.82. The van der Waals surface area contributed by atoms with E-state index in [4.69, 9.17) is 22.1 Å². The van der Waals surface area contributed by atoms with Gasteiger partial charge in [0, 0.05) is 16.3 Å². The highest BCUT2D eigenvalue weighted by atomic mass is 35.5. The maximum Gasteiger partial charge on any atom is 0.262 e. The topological polar surface area (TPSA) is 128 Å². The van der Waals surface area contributed by atoms with Crippen molar-refractivity contribution in [3.63, 3.8) is 0 Å². The molecule has 8 nitrogen and oxygen atoms in total. The van der Waals surface area contributed by atoms with Crippen LogP contribution in [-0.2, 0) is 14.8 Å². The molecule has 0 spiro atoms. The Morgan fingerprint density at radius 2 is 1.59 bits per heavy atom. The van der Waals surface area contributed by atoms with Crippen molar-refractivity contribution in [1.82, 2.24) is 0 Å². The molecule has 3 aromatic carbocycles. The van der Waals surface area contributed by atoms with Gasteiger partial charge in [0.05, 0.1) is 10.6 Å². The maximum absolute atomic E-state index is 12.6. The van der Waals surface area contributed by atoms with Crippen LogP contribution in [0.2, 0.25) is 5.02 Å². The van der Waals surface area contributed by atoms with Gasteiger partial charge >= 0.3 is 0 Å². The molecule has 2 amide bonds. The quantitative estimate of drug-likeness (QED) is 0.460. The van der Waals surface area contributed by atoms with Gasteiger partial charge in [0.15, 0.2) is 6.61 Å². The number of nitrogens with two attached hydrogens (primary N) is 1. The molecule has 0 aliphatic heterocycles. The second-order valence-corrected chi connectivity index (χ2v) is 8.91. The summed E-state index contributed by atoms with van der Waals surface area (Å²) in [5, 5.41) is 3.07. The normalized spacial score (nSPS) is 10.9. The number of nitrogens with one attached hydrogen (secondary N) is 2. The van der Waals surface area contributed by atoms with E-state index in [0.29, 0.717) is 27.7 Å². The molecule has 0 unspecified atom stereocenters. The lowest BCUT2D eigenvalue weighted by Crippen LogP contribution is -2.20. The number of anilines is 2. The third-order valence-corrected chi connectivity index (χ3v) is 6.19. The molecular weight excluding hydrogens is 454 g/mol. The molecule has 166 valence electrons. The van der Waals surface area contributed by atoms with Crippen molar-refractivity contribution in [2.45, 2.75) is 11.8 Å². The zero-order chi connectivity index (χ0) is 23.3. The number of carbonyl (C=O) groups is 2. The Bertz CT molecular complexity index is 1240. The lowest BCUT2D eigenvalue weighted by molar-refractivity contribution is -0.118. The number of sulfonamides is 1. The largest absolute Gasteiger partial charge is 0.484 e. The van der Waals surface area contributed by atoms with Crippen molar-refractivity contribution in [3.05, 3.63) is 82.9 Å². The van der Waals surface area contributed by atoms with Crippen molar-refractivity contribution in [3.8, 4) is 5.75 Å². The number of hydrogen-bond acceptors (Lipinski definition) is 5. The van der Waals surface area contributed by atoms with Gasteiger partial charge in [-0.25, -0.2) is 8.42 Å². The Balaban J connectivity index is 1.57. The highest BCUT2D eigenvalue weighted by molar-refractivity contribution is 7.92. The Morgan fingerprint density at radius 3 is 2.19 bits per heavy atom. The highest BCUT2D eigenvalue weighted by Crippen LogP contribution is 2.23. The molecule has 0 fully saturated rings. The van der Waals surface area contributed by atoms with Gasteiger partial charge in [-0.2, -0.15) is 0 Å². The van der Waals surface area contributed by atoms with Crippen molar-refractivity contribution in [1.29, 1.82) is 0 Å². The molecule has 0 radical (unpaired) electrons. The fourth-order valence-corrected chi connectivity index (χ4v) is 3.88. The first-order chi connectivity index (χ1) is 15.1. The van der Waals surface area contributed by atoms with Crippen molar-refractivity contribution >= 4 is 44.8 Å². The molecule has 0 saturated carbocycles. The highest BCUT2D eigenvalue weighted by Gasteiger charge is 2.15. The second-order valence-electron chi connectivity index (χ2n) is 6.82. The van der Waals surface area contributed by atoms with Crippen LogP contribution in [0.5, 0.6) is 5.75 Å². The van der Waals surface area contributed by atoms with Crippen LogP contribution in [0.15, 0.2) is 71.6 Å². The van der Waals surface area contributed by atoms with Crippen LogP contribution in [-0.4, -0.2) is 26.8 Å². The molecule has 32 heavy (non-hydrogen) atoms. The summed E-state index contributed by atoms with van der Waals surface area (Å²) in [7, 11) is -3.82. The van der Waals surface area contributed by atoms with Crippen LogP contribution in [0.1, 0.15) is 15.9 Å². The van der Waals surface area contributed by atoms with Gasteiger partial charge in [0.25, 0.3) is 15.9 Å². The van der Waals surface area contributed by atoms with Crippen LogP contribution >= 0.6 is 11.6 Å². The molecule has 10 heteroatoms. The summed E-state index contributed by atoms with van der Waals surface area (Å²) in [6, 6.07) is 16.6. The Hall–Kier alpha value is -3.56. The summed E-state index contributed by atoms with van der Waals surface area (Å²) in [4.78, 5) is 23.1. The van der Waals surface area contributed by atoms with E-state index >= 15 is 0 Å². The van der Waals surface area contributed by atoms with Crippen LogP contribution in [0, 0.1) is 6.92 Å². The molecule has 0 aliphatic carbocycles. The van der Waals surface area contributed by atoms with Gasteiger partial charge in [0.2, 0.25) is 5.91 Å². The molecule has 3 aromatic rings. The fraction of sp³-hybridized carbons (Fsp3) is 0.0909. The minimum absolute atomic E-state index is 0.0283. The van der Waals surface area contributed by atoms with Crippen LogP contribution < -0.4 is 20.5 Å². The van der Waals surface area contributed by atoms with Gasteiger partial charge in [0.1, 0.15) is 5.75 Å². The Kier molecular flexibility index (Phi) is 7.01. The predicted molar refractivity (Wildman–Crippen MR) is 123 cm³/mol. The van der Waals surface area contributed by atoms with Gasteiger partial charge in [-0.05, 0) is 73.2 Å². The SMILES string of the molecule is Cc1ccc(NS(=O)(=O)c2ccc(OCC(=O)Nc3ccc(C(N)=O)cc3)cc2)cc1Cl. The number of primary amides is 1. The van der Waals surface area contributed by atoms with E-state index in [1.54, 1.807) is 24.3 Å². The molecule has 0 aromatic heterocycles. The van der Waals surface area contributed by atoms with Crippen LogP contribution in [0.4, 0.5) is 11.4 Å². The molecular formula is C22H20ClN3O5S. The second kappa shape index (κ2) is 9.71. The number of rotatable bonds is 8. The first kappa shape index (κ1) is 23.1. The smallest absolute Gasteiger partial charge is 0.262 e. The first-order valence-electron chi connectivity index (χ1n) is 9.35. The molecule has 0 atom stereocenters. The van der Waals surface area contributed by atoms with Crippen molar-refractivity contribution < 1.29 is 22.7 Å². The van der Waals surface area contributed by atoms with Crippen molar-refractivity contribution in [2.75, 3.05) is 16.6 Å². The first-order valence-corrected chi connectivity index (χ1v) is 11.2. The summed E-state index contributed by atoms with van der Waals surface area (Å²) < 4.78 is 33.0. The van der Waals surface area contributed by atoms with E-state index in [-0.39, 0.29) is 11.5 Å². The standard InChI is InChI=1S/C22H20ClN3O5S/c1-14-2-5-17(12-20(14)23)26-32(29,30)19-10-8-18(9-11-19)31-13-21(27)25-16-6-3-15(4-7-16)22(24)28/h2-12,26H,13H2,1H3,(H2,24,28)(H,25,27). The maximum atomic E-state index is 12.6. The lowest BCUT2D eigenvalue weighted by atomic mass is 10.2. The number of hydrogen-bond donors (Lipinski definition) is 3. The molecule has 0 bridgehead atoms. The molecule has 3 rings (SSSR count). The van der Waals surface area contributed by atoms with Gasteiger partial charge in [-0.3, -0.25) is 14.3 Å². The van der Waals surface area contributed by atoms with Gasteiger partial charge in [-0.15, -0.1) is 0 Å². The molecule has 0 heterocycles. The van der Waals surface area contributed by atoms with E-state index in [2.05, 4.69) is 10.0 Å². The number of carbonyl (C=O) groups excluding carboxylic acids is 2. The van der Waals surface area contributed by atoms with E-state index < -0.39 is 21.8 Å². The average Bonchev–Trinajstić information content (AvgIpc) is 2.75. The van der Waals surface area contributed by atoms with E-state index in [1.165, 1.54) is 42.5 Å². The summed E-state index contributed by atoms with van der Waals surface area (Å²) in [6.07, 6.45) is 0. The number of halogens is 1. The summed E-state index contributed by atoms with van der Waals surface area (Å²) in [5.74, 6) is -0.664. The van der Waals surface area contributed by atoms with Gasteiger partial charge < -0.3 is 15.8 Å². The van der Waals surface area contributed by atoms with E-state index in [9.17, 15) is 18.0 Å². The Labute approximate surface area is 190 Å². The molecule has 0 aliphatic rings. The lowest BCUT2D eigenvalue weighted by Gasteiger charge is -2.11. The van der Waals surface area contributed by atoms with E-state index in [0.717, 1.165) is 5.56 Å². The third kappa shape index (κ3) is 5.99. The summed E-state index contributed by atoms with van der Waals surface area (Å²) in [6.45, 7) is 1.53.